The number of hydrogen-bond acceptors (Lipinski definition) is 6. The zero-order valence-corrected chi connectivity index (χ0v) is 18.0. The van der Waals surface area contributed by atoms with Gasteiger partial charge in [-0.3, -0.25) is 4.79 Å². The summed E-state index contributed by atoms with van der Waals surface area (Å²) < 4.78 is 35.6. The maximum atomic E-state index is 14.2. The van der Waals surface area contributed by atoms with Gasteiger partial charge in [-0.2, -0.15) is 0 Å². The average Bonchev–Trinajstić information content (AvgIpc) is 2.65. The van der Waals surface area contributed by atoms with Gasteiger partial charge in [-0.1, -0.05) is 27.7 Å². The highest BCUT2D eigenvalue weighted by molar-refractivity contribution is 5.77. The molecule has 0 bridgehead atoms. The van der Waals surface area contributed by atoms with E-state index in [9.17, 15) is 9.18 Å². The molecule has 0 aromatic carbocycles. The zero-order chi connectivity index (χ0) is 21.1. The highest BCUT2D eigenvalue weighted by Gasteiger charge is 2.30. The predicted molar refractivity (Wildman–Crippen MR) is 110 cm³/mol. The molecule has 1 amide bonds. The highest BCUT2D eigenvalue weighted by Crippen LogP contribution is 2.17. The molecule has 0 saturated carbocycles. The van der Waals surface area contributed by atoms with Gasteiger partial charge in [0.05, 0.1) is 58.4 Å². The number of hydrogen-bond donors (Lipinski definition) is 2. The number of rotatable bonds is 16. The number of ether oxygens (including phenoxy) is 4. The lowest BCUT2D eigenvalue weighted by molar-refractivity contribution is -0.125. The van der Waals surface area contributed by atoms with E-state index >= 15 is 0 Å². The van der Waals surface area contributed by atoms with Crippen molar-refractivity contribution in [2.45, 2.75) is 53.3 Å². The van der Waals surface area contributed by atoms with Crippen molar-refractivity contribution < 1.29 is 31.0 Å². The van der Waals surface area contributed by atoms with Gasteiger partial charge in [-0.15, -0.1) is 0 Å². The Morgan fingerprint density at radius 3 is 1.89 bits per heavy atom. The molecule has 0 aliphatic carbocycles. The van der Waals surface area contributed by atoms with Gasteiger partial charge >= 0.3 is 0 Å². The van der Waals surface area contributed by atoms with Gasteiger partial charge in [-0.25, -0.2) is 4.39 Å². The number of nitrogens with two attached hydrogens (primary N) is 1. The summed E-state index contributed by atoms with van der Waals surface area (Å²) in [4.78, 5) is 11.5. The van der Waals surface area contributed by atoms with Crippen molar-refractivity contribution in [2.24, 2.45) is 11.7 Å². The van der Waals surface area contributed by atoms with Crippen LogP contribution in [0.5, 0.6) is 0 Å². The average molecular weight is 401 g/mol. The van der Waals surface area contributed by atoms with Crippen LogP contribution in [0.2, 0.25) is 0 Å². The van der Waals surface area contributed by atoms with Crippen LogP contribution in [0.3, 0.4) is 0 Å². The quantitative estimate of drug-likeness (QED) is 0.387. The van der Waals surface area contributed by atoms with Crippen LogP contribution in [0.1, 0.15) is 44.4 Å². The monoisotopic (exact) mass is 400 g/mol. The smallest absolute Gasteiger partial charge is 0.222 e. The molecule has 0 spiro atoms. The molecule has 0 aromatic rings. The minimum absolute atomic E-state index is 0. The van der Waals surface area contributed by atoms with Gasteiger partial charge in [-0.05, 0) is 13.8 Å². The fraction of sp³-hybridized carbons (Fsp3) is 0.947. The first-order chi connectivity index (χ1) is 12.8. The fourth-order valence-corrected chi connectivity index (χ4v) is 1.72. The van der Waals surface area contributed by atoms with Crippen molar-refractivity contribution in [3.8, 4) is 0 Å². The molecule has 0 heterocycles. The number of alkyl halides is 1. The third-order valence-corrected chi connectivity index (χ3v) is 3.44. The van der Waals surface area contributed by atoms with Crippen LogP contribution in [-0.4, -0.2) is 77.0 Å². The Kier molecular flexibility index (Phi) is 19.5. The van der Waals surface area contributed by atoms with Crippen LogP contribution in [0.15, 0.2) is 0 Å². The molecule has 7 nitrogen and oxygen atoms in total. The molecule has 0 aromatic heterocycles. The van der Waals surface area contributed by atoms with E-state index in [1.807, 2.05) is 13.8 Å². The highest BCUT2D eigenvalue weighted by atomic mass is 19.1. The summed E-state index contributed by atoms with van der Waals surface area (Å²) in [6.45, 7) is 14.3. The van der Waals surface area contributed by atoms with E-state index in [1.165, 1.54) is 0 Å². The van der Waals surface area contributed by atoms with Crippen molar-refractivity contribution >= 4 is 5.91 Å². The van der Waals surface area contributed by atoms with Crippen LogP contribution in [0, 0.1) is 5.92 Å². The van der Waals surface area contributed by atoms with Crippen LogP contribution >= 0.6 is 0 Å². The van der Waals surface area contributed by atoms with Crippen molar-refractivity contribution in [1.29, 1.82) is 0 Å². The summed E-state index contributed by atoms with van der Waals surface area (Å²) in [5.41, 5.74) is 4.29. The Labute approximate surface area is 167 Å². The second-order valence-electron chi connectivity index (χ2n) is 6.45. The van der Waals surface area contributed by atoms with Gasteiger partial charge < -0.3 is 30.0 Å². The molecule has 0 fully saturated rings. The molecule has 0 radical (unpaired) electrons. The van der Waals surface area contributed by atoms with E-state index in [1.54, 1.807) is 27.7 Å². The zero-order valence-electron chi connectivity index (χ0n) is 18.0. The number of carbonyl (C=O) groups excluding carboxylic acids is 1. The standard InChI is InChI=1S/C17H35FN2O5.C2H6.2H2/c1-14(2)16(21)20-13-15(18)17(3,4)25-12-11-24-10-9-23-8-7-22-6-5-19;1-2;;/h14-15H,5-13,19H2,1-4H3,(H,20,21);1-2H3;2*1H. The minimum atomic E-state index is -1.30. The van der Waals surface area contributed by atoms with Gasteiger partial charge in [0.25, 0.3) is 0 Å². The number of carbonyl (C=O) groups is 1. The summed E-state index contributed by atoms with van der Waals surface area (Å²) >= 11 is 0. The molecule has 1 unspecified atom stereocenters. The number of nitrogens with one attached hydrogen (secondary N) is 1. The summed E-state index contributed by atoms with van der Waals surface area (Å²) in [6, 6.07) is 0. The maximum Gasteiger partial charge on any atom is 0.222 e. The summed E-state index contributed by atoms with van der Waals surface area (Å²) in [6.07, 6.45) is -1.30. The first-order valence-electron chi connectivity index (χ1n) is 9.80. The second kappa shape index (κ2) is 18.6. The summed E-state index contributed by atoms with van der Waals surface area (Å²) in [7, 11) is 0. The minimum Gasteiger partial charge on any atom is -0.378 e. The largest absolute Gasteiger partial charge is 0.378 e. The van der Waals surface area contributed by atoms with Crippen molar-refractivity contribution in [3.63, 3.8) is 0 Å². The molecule has 27 heavy (non-hydrogen) atoms. The molecule has 168 valence electrons. The Morgan fingerprint density at radius 1 is 1.00 bits per heavy atom. The lowest BCUT2D eigenvalue weighted by atomic mass is 10.0. The van der Waals surface area contributed by atoms with E-state index < -0.39 is 11.8 Å². The Morgan fingerprint density at radius 2 is 1.44 bits per heavy atom. The second-order valence-corrected chi connectivity index (χ2v) is 6.45. The Balaban J connectivity index is -0.000000755. The number of amides is 1. The lowest BCUT2D eigenvalue weighted by Crippen LogP contribution is -2.45. The van der Waals surface area contributed by atoms with Crippen molar-refractivity contribution in [3.05, 3.63) is 0 Å². The normalized spacial score (nSPS) is 12.5. The van der Waals surface area contributed by atoms with E-state index in [4.69, 9.17) is 24.7 Å². The first-order valence-corrected chi connectivity index (χ1v) is 9.80. The van der Waals surface area contributed by atoms with E-state index in [-0.39, 0.29) is 27.8 Å². The summed E-state index contributed by atoms with van der Waals surface area (Å²) in [5, 5.41) is 2.57. The van der Waals surface area contributed by atoms with Crippen molar-refractivity contribution in [2.75, 3.05) is 59.3 Å². The third kappa shape index (κ3) is 17.1. The molecule has 1 atom stereocenters. The van der Waals surface area contributed by atoms with Gasteiger partial charge in [0.2, 0.25) is 5.91 Å². The van der Waals surface area contributed by atoms with Crippen LogP contribution in [0.25, 0.3) is 0 Å². The first kappa shape index (κ1) is 28.4. The molecular formula is C19H45FN2O5. The molecule has 8 heteroatoms. The SMILES string of the molecule is CC.CC(C)C(=O)NCC(F)C(C)(C)OCCOCCOCCOCCN.[HH].[HH]. The topological polar surface area (TPSA) is 92.0 Å². The molecular weight excluding hydrogens is 355 g/mol. The van der Waals surface area contributed by atoms with Crippen LogP contribution in [-0.2, 0) is 23.7 Å². The van der Waals surface area contributed by atoms with E-state index in [2.05, 4.69) is 5.32 Å². The predicted octanol–water partition coefficient (Wildman–Crippen LogP) is 2.42. The van der Waals surface area contributed by atoms with Gasteiger partial charge in [0.15, 0.2) is 0 Å². The van der Waals surface area contributed by atoms with Crippen LogP contribution in [0.4, 0.5) is 4.39 Å². The molecule has 0 saturated heterocycles. The maximum absolute atomic E-state index is 14.2. The Bertz CT molecular complexity index is 355. The third-order valence-electron chi connectivity index (χ3n) is 3.44. The molecule has 3 N–H and O–H groups in total. The molecule has 0 rings (SSSR count). The van der Waals surface area contributed by atoms with Crippen LogP contribution < -0.4 is 11.1 Å². The van der Waals surface area contributed by atoms with Gasteiger partial charge in [0.1, 0.15) is 6.17 Å². The van der Waals surface area contributed by atoms with E-state index in [0.717, 1.165) is 0 Å². The van der Waals surface area contributed by atoms with Gasteiger partial charge in [0, 0.05) is 15.3 Å². The Hall–Kier alpha value is -0.800. The summed E-state index contributed by atoms with van der Waals surface area (Å²) in [5.74, 6) is -0.339. The van der Waals surface area contributed by atoms with E-state index in [0.29, 0.717) is 46.2 Å². The van der Waals surface area contributed by atoms with Crippen molar-refractivity contribution in [1.82, 2.24) is 5.32 Å². The molecule has 0 aliphatic heterocycles. The molecule has 0 aliphatic rings. The lowest BCUT2D eigenvalue weighted by Gasteiger charge is -2.29. The fourth-order valence-electron chi connectivity index (χ4n) is 1.72. The number of halogens is 1.